The highest BCUT2D eigenvalue weighted by Gasteiger charge is 2.29. The van der Waals surface area contributed by atoms with Crippen LogP contribution < -0.4 is 4.90 Å². The molecule has 0 bridgehead atoms. The van der Waals surface area contributed by atoms with Crippen LogP contribution in [0.1, 0.15) is 16.8 Å². The van der Waals surface area contributed by atoms with Crippen molar-refractivity contribution in [3.63, 3.8) is 0 Å². The maximum absolute atomic E-state index is 11.8. The summed E-state index contributed by atoms with van der Waals surface area (Å²) in [6, 6.07) is 6.81. The van der Waals surface area contributed by atoms with E-state index in [4.69, 9.17) is 11.6 Å². The van der Waals surface area contributed by atoms with Crippen molar-refractivity contribution >= 4 is 29.2 Å². The van der Waals surface area contributed by atoms with Gasteiger partial charge in [0.2, 0.25) is 5.91 Å². The third-order valence-electron chi connectivity index (χ3n) is 3.02. The highest BCUT2D eigenvalue weighted by molar-refractivity contribution is 6.18. The molecule has 1 aromatic rings. The van der Waals surface area contributed by atoms with Gasteiger partial charge in [-0.15, -0.1) is 11.6 Å². The number of alkyl halides is 1. The highest BCUT2D eigenvalue weighted by Crippen LogP contribution is 2.26. The molecule has 1 amide bonds. The summed E-state index contributed by atoms with van der Waals surface area (Å²) in [6.07, 6.45) is 0.488. The zero-order valence-corrected chi connectivity index (χ0v) is 10.8. The fraction of sp³-hybridized carbons (Fsp3) is 0.385. The summed E-state index contributed by atoms with van der Waals surface area (Å²) in [7, 11) is 1.34. The maximum atomic E-state index is 11.8. The molecule has 5 heteroatoms. The normalized spacial score (nSPS) is 19.1. The lowest BCUT2D eigenvalue weighted by molar-refractivity contribution is -0.117. The van der Waals surface area contributed by atoms with Crippen LogP contribution >= 0.6 is 11.6 Å². The standard InChI is InChI=1S/C13H14ClNO3/c1-18-13(17)10-2-4-11(5-3-10)15-8-9(7-14)6-12(15)16/h2-5,9H,6-8H2,1H3. The first kappa shape index (κ1) is 12.9. The molecule has 0 N–H and O–H groups in total. The molecule has 2 rings (SSSR count). The SMILES string of the molecule is COC(=O)c1ccc(N2CC(CCl)CC2=O)cc1. The number of ether oxygens (including phenoxy) is 1. The third kappa shape index (κ3) is 2.48. The number of hydrogen-bond donors (Lipinski definition) is 0. The molecule has 0 aromatic heterocycles. The third-order valence-corrected chi connectivity index (χ3v) is 3.46. The van der Waals surface area contributed by atoms with Crippen LogP contribution in [0.5, 0.6) is 0 Å². The van der Waals surface area contributed by atoms with Gasteiger partial charge < -0.3 is 9.64 Å². The second-order valence-corrected chi connectivity index (χ2v) is 4.58. The summed E-state index contributed by atoms with van der Waals surface area (Å²) < 4.78 is 4.62. The molecule has 0 radical (unpaired) electrons. The zero-order valence-electron chi connectivity index (χ0n) is 10.1. The Hall–Kier alpha value is -1.55. The van der Waals surface area contributed by atoms with Crippen molar-refractivity contribution in [2.24, 2.45) is 5.92 Å². The Morgan fingerprint density at radius 2 is 2.11 bits per heavy atom. The first-order chi connectivity index (χ1) is 8.65. The zero-order chi connectivity index (χ0) is 13.1. The van der Waals surface area contributed by atoms with Crippen LogP contribution in [-0.2, 0) is 9.53 Å². The maximum Gasteiger partial charge on any atom is 0.337 e. The number of carbonyl (C=O) groups excluding carboxylic acids is 2. The number of amides is 1. The van der Waals surface area contributed by atoms with E-state index in [0.29, 0.717) is 24.4 Å². The van der Waals surface area contributed by atoms with E-state index in [0.717, 1.165) is 5.69 Å². The van der Waals surface area contributed by atoms with Gasteiger partial charge in [-0.05, 0) is 30.2 Å². The quantitative estimate of drug-likeness (QED) is 0.622. The molecule has 0 spiro atoms. The number of halogens is 1. The van der Waals surface area contributed by atoms with Crippen LogP contribution in [0.3, 0.4) is 0 Å². The molecule has 4 nitrogen and oxygen atoms in total. The van der Waals surface area contributed by atoms with E-state index >= 15 is 0 Å². The van der Waals surface area contributed by atoms with Gasteiger partial charge in [0, 0.05) is 24.5 Å². The van der Waals surface area contributed by atoms with Gasteiger partial charge in [-0.3, -0.25) is 4.79 Å². The van der Waals surface area contributed by atoms with Crippen molar-refractivity contribution in [3.05, 3.63) is 29.8 Å². The lowest BCUT2D eigenvalue weighted by atomic mass is 10.1. The van der Waals surface area contributed by atoms with E-state index in [9.17, 15) is 9.59 Å². The number of benzene rings is 1. The average Bonchev–Trinajstić information content (AvgIpc) is 2.79. The summed E-state index contributed by atoms with van der Waals surface area (Å²) in [5.74, 6) is 0.390. The minimum atomic E-state index is -0.382. The second kappa shape index (κ2) is 5.40. The summed E-state index contributed by atoms with van der Waals surface area (Å²) in [4.78, 5) is 24.8. The Kier molecular flexibility index (Phi) is 3.87. The van der Waals surface area contributed by atoms with Crippen LogP contribution in [0.15, 0.2) is 24.3 Å². The van der Waals surface area contributed by atoms with Gasteiger partial charge in [-0.25, -0.2) is 4.79 Å². The first-order valence-electron chi connectivity index (χ1n) is 5.70. The number of carbonyl (C=O) groups is 2. The van der Waals surface area contributed by atoms with Crippen LogP contribution in [0.2, 0.25) is 0 Å². The van der Waals surface area contributed by atoms with E-state index in [1.165, 1.54) is 7.11 Å². The minimum Gasteiger partial charge on any atom is -0.465 e. The molecule has 96 valence electrons. The van der Waals surface area contributed by atoms with Crippen molar-refractivity contribution in [1.82, 2.24) is 0 Å². The van der Waals surface area contributed by atoms with Crippen molar-refractivity contribution in [3.8, 4) is 0 Å². The first-order valence-corrected chi connectivity index (χ1v) is 6.24. The number of nitrogens with zero attached hydrogens (tertiary/aromatic N) is 1. The van der Waals surface area contributed by atoms with Gasteiger partial charge >= 0.3 is 5.97 Å². The van der Waals surface area contributed by atoms with E-state index in [1.807, 2.05) is 0 Å². The molecular weight excluding hydrogens is 254 g/mol. The lowest BCUT2D eigenvalue weighted by Crippen LogP contribution is -2.24. The van der Waals surface area contributed by atoms with Gasteiger partial charge in [0.15, 0.2) is 0 Å². The summed E-state index contributed by atoms with van der Waals surface area (Å²) in [6.45, 7) is 0.639. The molecule has 1 saturated heterocycles. The van der Waals surface area contributed by atoms with E-state index in [2.05, 4.69) is 4.74 Å². The van der Waals surface area contributed by atoms with Gasteiger partial charge in [-0.1, -0.05) is 0 Å². The number of rotatable bonds is 3. The van der Waals surface area contributed by atoms with E-state index < -0.39 is 0 Å². The van der Waals surface area contributed by atoms with Crippen molar-refractivity contribution < 1.29 is 14.3 Å². The van der Waals surface area contributed by atoms with Crippen molar-refractivity contribution in [1.29, 1.82) is 0 Å². The smallest absolute Gasteiger partial charge is 0.337 e. The molecule has 1 aliphatic rings. The predicted octanol–water partition coefficient (Wildman–Crippen LogP) is 2.06. The molecule has 18 heavy (non-hydrogen) atoms. The summed E-state index contributed by atoms with van der Waals surface area (Å²) in [5, 5.41) is 0. The fourth-order valence-electron chi connectivity index (χ4n) is 2.03. The number of esters is 1. The molecule has 1 unspecified atom stereocenters. The second-order valence-electron chi connectivity index (χ2n) is 4.27. The molecule has 1 heterocycles. The van der Waals surface area contributed by atoms with Gasteiger partial charge in [0.25, 0.3) is 0 Å². The number of anilines is 1. The van der Waals surface area contributed by atoms with Crippen LogP contribution in [0.4, 0.5) is 5.69 Å². The molecule has 0 saturated carbocycles. The van der Waals surface area contributed by atoms with E-state index in [-0.39, 0.29) is 17.8 Å². The molecule has 1 fully saturated rings. The molecule has 1 aromatic carbocycles. The van der Waals surface area contributed by atoms with Crippen molar-refractivity contribution in [2.75, 3.05) is 24.4 Å². The Morgan fingerprint density at radius 3 is 2.61 bits per heavy atom. The molecule has 1 aliphatic heterocycles. The lowest BCUT2D eigenvalue weighted by Gasteiger charge is -2.16. The van der Waals surface area contributed by atoms with Crippen LogP contribution in [0.25, 0.3) is 0 Å². The number of methoxy groups -OCH3 is 1. The Labute approximate surface area is 110 Å². The monoisotopic (exact) mass is 267 g/mol. The van der Waals surface area contributed by atoms with Crippen LogP contribution in [0, 0.1) is 5.92 Å². The van der Waals surface area contributed by atoms with Gasteiger partial charge in [-0.2, -0.15) is 0 Å². The Balaban J connectivity index is 2.15. The summed E-state index contributed by atoms with van der Waals surface area (Å²) >= 11 is 5.77. The predicted molar refractivity (Wildman–Crippen MR) is 69.0 cm³/mol. The van der Waals surface area contributed by atoms with Crippen LogP contribution in [-0.4, -0.2) is 31.4 Å². The topological polar surface area (TPSA) is 46.6 Å². The number of hydrogen-bond acceptors (Lipinski definition) is 3. The average molecular weight is 268 g/mol. The molecule has 0 aliphatic carbocycles. The minimum absolute atomic E-state index is 0.0754. The van der Waals surface area contributed by atoms with Crippen molar-refractivity contribution in [2.45, 2.75) is 6.42 Å². The van der Waals surface area contributed by atoms with E-state index in [1.54, 1.807) is 29.2 Å². The largest absolute Gasteiger partial charge is 0.465 e. The summed E-state index contributed by atoms with van der Waals surface area (Å²) in [5.41, 5.74) is 1.27. The van der Waals surface area contributed by atoms with Gasteiger partial charge in [0.05, 0.1) is 12.7 Å². The van der Waals surface area contributed by atoms with Gasteiger partial charge in [0.1, 0.15) is 0 Å². The Morgan fingerprint density at radius 1 is 1.44 bits per heavy atom. The molecular formula is C13H14ClNO3. The molecule has 1 atom stereocenters. The highest BCUT2D eigenvalue weighted by atomic mass is 35.5. The Bertz CT molecular complexity index is 458. The fourth-order valence-corrected chi connectivity index (χ4v) is 2.24.